The first-order chi connectivity index (χ1) is 15.5. The minimum absolute atomic E-state index is 0.101. The lowest BCUT2D eigenvalue weighted by Gasteiger charge is -2.30. The van der Waals surface area contributed by atoms with Crippen LogP contribution < -0.4 is 10.1 Å². The molecule has 2 aromatic rings. The van der Waals surface area contributed by atoms with E-state index in [1.54, 1.807) is 4.90 Å². The number of carbonyl (C=O) groups excluding carboxylic acids is 2. The van der Waals surface area contributed by atoms with Crippen molar-refractivity contribution >= 4 is 27.7 Å². The van der Waals surface area contributed by atoms with Crippen LogP contribution >= 0.6 is 15.9 Å². The van der Waals surface area contributed by atoms with Crippen LogP contribution in [0.1, 0.15) is 51.2 Å². The lowest BCUT2D eigenvalue weighted by Crippen LogP contribution is -2.51. The molecule has 1 N–H and O–H groups in total. The Labute approximate surface area is 200 Å². The Hall–Kier alpha value is -2.34. The molecule has 2 aromatic carbocycles. The average molecular weight is 503 g/mol. The number of aryl methyl sites for hydroxylation is 1. The van der Waals surface area contributed by atoms with Gasteiger partial charge in [0.15, 0.2) is 6.61 Å². The summed E-state index contributed by atoms with van der Waals surface area (Å²) >= 11 is 3.52. The topological polar surface area (TPSA) is 58.6 Å². The van der Waals surface area contributed by atoms with E-state index in [0.29, 0.717) is 31.7 Å². The van der Waals surface area contributed by atoms with Crippen molar-refractivity contribution in [2.45, 2.75) is 58.9 Å². The molecule has 0 aliphatic heterocycles. The number of rotatable bonds is 13. The van der Waals surface area contributed by atoms with Gasteiger partial charge in [0, 0.05) is 13.1 Å². The molecule has 2 rings (SSSR count). The van der Waals surface area contributed by atoms with Crippen LogP contribution in [0.25, 0.3) is 0 Å². The second-order valence-electron chi connectivity index (χ2n) is 7.80. The van der Waals surface area contributed by atoms with E-state index in [1.807, 2.05) is 55.5 Å². The van der Waals surface area contributed by atoms with Crippen LogP contribution in [-0.2, 0) is 22.4 Å². The molecule has 0 unspecified atom stereocenters. The molecule has 5 nitrogen and oxygen atoms in total. The molecular weight excluding hydrogens is 468 g/mol. The highest BCUT2D eigenvalue weighted by Gasteiger charge is 2.28. The third-order valence-electron chi connectivity index (χ3n) is 5.46. The van der Waals surface area contributed by atoms with E-state index in [9.17, 15) is 9.59 Å². The Bertz CT molecular complexity index is 857. The summed E-state index contributed by atoms with van der Waals surface area (Å²) in [5.74, 6) is 0.333. The first-order valence-electron chi connectivity index (χ1n) is 11.5. The number of halogens is 1. The van der Waals surface area contributed by atoms with Crippen LogP contribution in [0.5, 0.6) is 5.75 Å². The third-order valence-corrected chi connectivity index (χ3v) is 6.08. The van der Waals surface area contributed by atoms with E-state index in [0.717, 1.165) is 29.3 Å². The highest BCUT2D eigenvalue weighted by atomic mass is 79.9. The number of hydrogen-bond donors (Lipinski definition) is 1. The van der Waals surface area contributed by atoms with Crippen LogP contribution in [0.15, 0.2) is 53.0 Å². The zero-order valence-electron chi connectivity index (χ0n) is 19.4. The van der Waals surface area contributed by atoms with E-state index in [1.165, 1.54) is 5.56 Å². The van der Waals surface area contributed by atoms with Gasteiger partial charge in [0.1, 0.15) is 11.8 Å². The Morgan fingerprint density at radius 3 is 2.44 bits per heavy atom. The zero-order chi connectivity index (χ0) is 23.3. The fourth-order valence-corrected chi connectivity index (χ4v) is 4.05. The van der Waals surface area contributed by atoms with Crippen LogP contribution in [0, 0.1) is 0 Å². The van der Waals surface area contributed by atoms with Gasteiger partial charge in [-0.15, -0.1) is 0 Å². The number of ether oxygens (including phenoxy) is 1. The maximum Gasteiger partial charge on any atom is 0.261 e. The summed E-state index contributed by atoms with van der Waals surface area (Å²) in [4.78, 5) is 27.7. The van der Waals surface area contributed by atoms with Gasteiger partial charge in [0.25, 0.3) is 5.91 Å². The quantitative estimate of drug-likeness (QED) is 0.385. The van der Waals surface area contributed by atoms with Gasteiger partial charge in [-0.05, 0) is 64.9 Å². The molecule has 2 amide bonds. The monoisotopic (exact) mass is 502 g/mol. The number of carbonyl (C=O) groups is 2. The summed E-state index contributed by atoms with van der Waals surface area (Å²) in [7, 11) is 0. The van der Waals surface area contributed by atoms with E-state index in [2.05, 4.69) is 35.1 Å². The van der Waals surface area contributed by atoms with Gasteiger partial charge in [-0.3, -0.25) is 9.59 Å². The summed E-state index contributed by atoms with van der Waals surface area (Å²) in [6.45, 7) is 7.08. The predicted octanol–water partition coefficient (Wildman–Crippen LogP) is 5.16. The van der Waals surface area contributed by atoms with Crippen molar-refractivity contribution < 1.29 is 14.3 Å². The zero-order valence-corrected chi connectivity index (χ0v) is 21.0. The summed E-state index contributed by atoms with van der Waals surface area (Å²) in [6, 6.07) is 15.4. The van der Waals surface area contributed by atoms with Gasteiger partial charge in [0.05, 0.1) is 4.47 Å². The molecule has 0 bridgehead atoms. The Balaban J connectivity index is 2.12. The maximum atomic E-state index is 13.2. The van der Waals surface area contributed by atoms with Gasteiger partial charge in [-0.2, -0.15) is 0 Å². The lowest BCUT2D eigenvalue weighted by atomic mass is 10.1. The number of nitrogens with zero attached hydrogens (tertiary/aromatic N) is 1. The second-order valence-corrected chi connectivity index (χ2v) is 8.65. The molecule has 1 atom stereocenters. The molecule has 0 aromatic heterocycles. The Kier molecular flexibility index (Phi) is 11.3. The minimum atomic E-state index is -0.516. The SMILES string of the molecule is CCCCNC(=O)[C@@H](CC)N(CCc1ccccc1)C(=O)COc1ccc(CC)cc1Br. The summed E-state index contributed by atoms with van der Waals surface area (Å²) in [5.41, 5.74) is 2.32. The Morgan fingerprint density at radius 1 is 1.06 bits per heavy atom. The summed E-state index contributed by atoms with van der Waals surface area (Å²) < 4.78 is 6.66. The standard InChI is InChI=1S/C26H35BrN2O3/c1-4-7-16-28-26(31)23(6-3)29(17-15-21-11-9-8-10-12-21)25(30)19-32-24-14-13-20(5-2)18-22(24)27/h8-14,18,23H,4-7,15-17,19H2,1-3H3,(H,28,31)/t23-/m1/s1. The summed E-state index contributed by atoms with van der Waals surface area (Å²) in [5, 5.41) is 2.98. The largest absolute Gasteiger partial charge is 0.483 e. The van der Waals surface area contributed by atoms with Crippen molar-refractivity contribution in [3.63, 3.8) is 0 Å². The smallest absolute Gasteiger partial charge is 0.261 e. The maximum absolute atomic E-state index is 13.2. The van der Waals surface area contributed by atoms with Crippen molar-refractivity contribution in [3.8, 4) is 5.75 Å². The molecule has 0 spiro atoms. The lowest BCUT2D eigenvalue weighted by molar-refractivity contribution is -0.142. The molecule has 6 heteroatoms. The first-order valence-corrected chi connectivity index (χ1v) is 12.3. The average Bonchev–Trinajstić information content (AvgIpc) is 2.81. The first kappa shape index (κ1) is 25.9. The third kappa shape index (κ3) is 7.97. The van der Waals surface area contributed by atoms with E-state index in [4.69, 9.17) is 4.74 Å². The molecule has 0 heterocycles. The molecule has 32 heavy (non-hydrogen) atoms. The van der Waals surface area contributed by atoms with Crippen molar-refractivity contribution in [1.29, 1.82) is 0 Å². The highest BCUT2D eigenvalue weighted by molar-refractivity contribution is 9.10. The van der Waals surface area contributed by atoms with Crippen LogP contribution in [-0.4, -0.2) is 42.5 Å². The molecule has 0 saturated carbocycles. The van der Waals surface area contributed by atoms with Crippen molar-refractivity contribution in [2.24, 2.45) is 0 Å². The van der Waals surface area contributed by atoms with Crippen molar-refractivity contribution in [3.05, 3.63) is 64.1 Å². The fraction of sp³-hybridized carbons (Fsp3) is 0.462. The van der Waals surface area contributed by atoms with Gasteiger partial charge in [0.2, 0.25) is 5.91 Å². The van der Waals surface area contributed by atoms with Gasteiger partial charge in [-0.25, -0.2) is 0 Å². The minimum Gasteiger partial charge on any atom is -0.483 e. The number of hydrogen-bond acceptors (Lipinski definition) is 3. The highest BCUT2D eigenvalue weighted by Crippen LogP contribution is 2.26. The van der Waals surface area contributed by atoms with Crippen LogP contribution in [0.3, 0.4) is 0 Å². The Morgan fingerprint density at radius 2 is 1.81 bits per heavy atom. The van der Waals surface area contributed by atoms with Crippen LogP contribution in [0.2, 0.25) is 0 Å². The van der Waals surface area contributed by atoms with Gasteiger partial charge >= 0.3 is 0 Å². The van der Waals surface area contributed by atoms with Crippen molar-refractivity contribution in [2.75, 3.05) is 19.7 Å². The summed E-state index contributed by atoms with van der Waals surface area (Å²) in [6.07, 6.45) is 4.09. The molecule has 0 aliphatic carbocycles. The molecule has 0 saturated heterocycles. The number of unbranched alkanes of at least 4 members (excludes halogenated alkanes) is 1. The number of amides is 2. The normalized spacial score (nSPS) is 11.6. The van der Waals surface area contributed by atoms with Gasteiger partial charge < -0.3 is 15.0 Å². The fourth-order valence-electron chi connectivity index (χ4n) is 3.51. The van der Waals surface area contributed by atoms with Crippen LogP contribution in [0.4, 0.5) is 0 Å². The number of benzene rings is 2. The molecule has 0 aliphatic rings. The van der Waals surface area contributed by atoms with E-state index < -0.39 is 6.04 Å². The molecule has 174 valence electrons. The van der Waals surface area contributed by atoms with E-state index in [-0.39, 0.29) is 18.4 Å². The molecular formula is C26H35BrN2O3. The number of nitrogens with one attached hydrogen (secondary N) is 1. The molecule has 0 radical (unpaired) electrons. The van der Waals surface area contributed by atoms with E-state index >= 15 is 0 Å². The second kappa shape index (κ2) is 13.9. The van der Waals surface area contributed by atoms with Gasteiger partial charge in [-0.1, -0.05) is 63.6 Å². The molecule has 0 fully saturated rings. The predicted molar refractivity (Wildman–Crippen MR) is 133 cm³/mol. The van der Waals surface area contributed by atoms with Crippen molar-refractivity contribution in [1.82, 2.24) is 10.2 Å².